The summed E-state index contributed by atoms with van der Waals surface area (Å²) in [5.41, 5.74) is 1.31. The minimum Gasteiger partial charge on any atom is -0.507 e. The topological polar surface area (TPSA) is 49.3 Å². The Bertz CT molecular complexity index is 439. The summed E-state index contributed by atoms with van der Waals surface area (Å²) in [6.45, 7) is 1.90. The number of carbonyl (C=O) groups is 1. The largest absolute Gasteiger partial charge is 0.507 e. The van der Waals surface area contributed by atoms with Gasteiger partial charge in [-0.25, -0.2) is 0 Å². The number of amides is 1. The van der Waals surface area contributed by atoms with Gasteiger partial charge in [0.1, 0.15) is 5.75 Å². The average molecular weight is 268 g/mol. The lowest BCUT2D eigenvalue weighted by Crippen LogP contribution is -2.37. The number of rotatable bonds is 2. The lowest BCUT2D eigenvalue weighted by molar-refractivity contribution is 0.0925. The van der Waals surface area contributed by atoms with E-state index in [0.29, 0.717) is 5.56 Å². The molecule has 2 N–H and O–H groups in total. The Morgan fingerprint density at radius 1 is 1.33 bits per heavy atom. The van der Waals surface area contributed by atoms with Crippen molar-refractivity contribution in [2.75, 3.05) is 0 Å². The molecule has 98 valence electrons. The minimum atomic E-state index is -0.200. The highest BCUT2D eigenvalue weighted by Crippen LogP contribution is 2.24. The second kappa shape index (κ2) is 5.61. The number of nitrogens with one attached hydrogen (secondary N) is 1. The first-order valence-corrected chi connectivity index (χ1v) is 6.74. The molecule has 1 fully saturated rings. The van der Waals surface area contributed by atoms with Crippen LogP contribution in [-0.4, -0.2) is 22.4 Å². The Balaban J connectivity index is 2.01. The van der Waals surface area contributed by atoms with E-state index >= 15 is 0 Å². The minimum absolute atomic E-state index is 0.0316. The van der Waals surface area contributed by atoms with Gasteiger partial charge in [0.05, 0.1) is 5.56 Å². The highest BCUT2D eigenvalue weighted by molar-refractivity contribution is 6.20. The van der Waals surface area contributed by atoms with Crippen LogP contribution in [0.25, 0.3) is 0 Å². The molecule has 4 heteroatoms. The van der Waals surface area contributed by atoms with E-state index in [2.05, 4.69) is 5.32 Å². The standard InChI is InChI=1S/C14H18ClNO2/c1-9-2-7-13(17)12(8-9)14(18)16-11-5-3-10(15)4-6-11/h2,7-8,10-11,17H,3-6H2,1H3,(H,16,18). The Hall–Kier alpha value is -1.22. The van der Waals surface area contributed by atoms with E-state index in [4.69, 9.17) is 11.6 Å². The van der Waals surface area contributed by atoms with Crippen LogP contribution in [0.5, 0.6) is 5.75 Å². The van der Waals surface area contributed by atoms with Crippen molar-refractivity contribution >= 4 is 17.5 Å². The molecule has 0 heterocycles. The van der Waals surface area contributed by atoms with E-state index in [1.165, 1.54) is 0 Å². The molecule has 0 radical (unpaired) electrons. The summed E-state index contributed by atoms with van der Waals surface area (Å²) in [6.07, 6.45) is 3.69. The molecule has 1 aliphatic carbocycles. The first kappa shape index (κ1) is 13.2. The number of phenols is 1. The molecule has 1 saturated carbocycles. The van der Waals surface area contributed by atoms with Crippen LogP contribution in [0.2, 0.25) is 0 Å². The average Bonchev–Trinajstić information content (AvgIpc) is 2.35. The third kappa shape index (κ3) is 3.16. The van der Waals surface area contributed by atoms with Crippen LogP contribution in [0.3, 0.4) is 0 Å². The Morgan fingerprint density at radius 2 is 2.00 bits per heavy atom. The summed E-state index contributed by atoms with van der Waals surface area (Å²) in [7, 11) is 0. The van der Waals surface area contributed by atoms with E-state index in [0.717, 1.165) is 31.2 Å². The number of aromatic hydroxyl groups is 1. The fourth-order valence-corrected chi connectivity index (χ4v) is 2.54. The first-order valence-electron chi connectivity index (χ1n) is 6.31. The van der Waals surface area contributed by atoms with Gasteiger partial charge >= 0.3 is 0 Å². The zero-order valence-corrected chi connectivity index (χ0v) is 11.2. The van der Waals surface area contributed by atoms with Gasteiger partial charge in [0.15, 0.2) is 0 Å². The van der Waals surface area contributed by atoms with Crippen LogP contribution in [0, 0.1) is 6.92 Å². The van der Waals surface area contributed by atoms with Crippen molar-refractivity contribution in [1.29, 1.82) is 0 Å². The third-order valence-electron chi connectivity index (χ3n) is 3.39. The van der Waals surface area contributed by atoms with Gasteiger partial charge in [-0.2, -0.15) is 0 Å². The van der Waals surface area contributed by atoms with Gasteiger partial charge in [-0.1, -0.05) is 11.6 Å². The Labute approximate surface area is 112 Å². The van der Waals surface area contributed by atoms with Gasteiger partial charge in [-0.05, 0) is 44.7 Å². The fraction of sp³-hybridized carbons (Fsp3) is 0.500. The molecule has 0 aliphatic heterocycles. The molecule has 0 atom stereocenters. The molecule has 1 aromatic rings. The summed E-state index contributed by atoms with van der Waals surface area (Å²) >= 11 is 6.03. The maximum atomic E-state index is 12.1. The van der Waals surface area contributed by atoms with Crippen LogP contribution in [-0.2, 0) is 0 Å². The molecular formula is C14H18ClNO2. The zero-order chi connectivity index (χ0) is 13.1. The van der Waals surface area contributed by atoms with E-state index in [1.54, 1.807) is 18.2 Å². The van der Waals surface area contributed by atoms with Crippen LogP contribution in [0.1, 0.15) is 41.6 Å². The van der Waals surface area contributed by atoms with E-state index < -0.39 is 0 Å². The number of hydrogen-bond acceptors (Lipinski definition) is 2. The van der Waals surface area contributed by atoms with Crippen molar-refractivity contribution in [3.05, 3.63) is 29.3 Å². The molecule has 1 aromatic carbocycles. The van der Waals surface area contributed by atoms with Gasteiger partial charge in [0.2, 0.25) is 0 Å². The maximum absolute atomic E-state index is 12.1. The van der Waals surface area contributed by atoms with Crippen LogP contribution in [0.15, 0.2) is 18.2 Å². The molecule has 0 unspecified atom stereocenters. The second-order valence-electron chi connectivity index (χ2n) is 4.94. The predicted octanol–water partition coefficient (Wildman–Crippen LogP) is 2.98. The summed E-state index contributed by atoms with van der Waals surface area (Å²) in [6, 6.07) is 5.22. The first-order chi connectivity index (χ1) is 8.56. The number of alkyl halides is 1. The molecule has 2 rings (SSSR count). The number of carbonyl (C=O) groups excluding carboxylic acids is 1. The lowest BCUT2D eigenvalue weighted by atomic mass is 9.94. The molecule has 1 amide bonds. The van der Waals surface area contributed by atoms with Gasteiger partial charge in [0.25, 0.3) is 5.91 Å². The highest BCUT2D eigenvalue weighted by atomic mass is 35.5. The maximum Gasteiger partial charge on any atom is 0.255 e. The molecule has 1 aliphatic rings. The van der Waals surface area contributed by atoms with Crippen molar-refractivity contribution in [2.24, 2.45) is 0 Å². The SMILES string of the molecule is Cc1ccc(O)c(C(=O)NC2CCC(Cl)CC2)c1. The molecule has 0 spiro atoms. The van der Waals surface area contributed by atoms with Gasteiger partial charge in [-0.3, -0.25) is 4.79 Å². The summed E-state index contributed by atoms with van der Waals surface area (Å²) in [4.78, 5) is 12.1. The number of phenolic OH excluding ortho intramolecular Hbond substituents is 1. The molecular weight excluding hydrogens is 250 g/mol. The molecule has 3 nitrogen and oxygen atoms in total. The monoisotopic (exact) mass is 267 g/mol. The zero-order valence-electron chi connectivity index (χ0n) is 10.4. The quantitative estimate of drug-likeness (QED) is 0.810. The van der Waals surface area contributed by atoms with Crippen molar-refractivity contribution in [3.8, 4) is 5.75 Å². The molecule has 0 saturated heterocycles. The highest BCUT2D eigenvalue weighted by Gasteiger charge is 2.22. The van der Waals surface area contributed by atoms with Crippen molar-refractivity contribution in [3.63, 3.8) is 0 Å². The Kier molecular flexibility index (Phi) is 4.12. The number of hydrogen-bond donors (Lipinski definition) is 2. The summed E-state index contributed by atoms with van der Waals surface area (Å²) in [5.74, 6) is -0.168. The number of benzene rings is 1. The van der Waals surface area contributed by atoms with Crippen LogP contribution in [0.4, 0.5) is 0 Å². The summed E-state index contributed by atoms with van der Waals surface area (Å²) in [5, 5.41) is 12.9. The van der Waals surface area contributed by atoms with Crippen molar-refractivity contribution in [1.82, 2.24) is 5.32 Å². The third-order valence-corrected chi connectivity index (χ3v) is 3.83. The second-order valence-corrected chi connectivity index (χ2v) is 5.56. The van der Waals surface area contributed by atoms with E-state index in [1.807, 2.05) is 6.92 Å². The lowest BCUT2D eigenvalue weighted by Gasteiger charge is -2.25. The number of halogens is 1. The van der Waals surface area contributed by atoms with Gasteiger partial charge in [-0.15, -0.1) is 11.6 Å². The van der Waals surface area contributed by atoms with Crippen molar-refractivity contribution in [2.45, 2.75) is 44.0 Å². The number of aryl methyl sites for hydroxylation is 1. The fourth-order valence-electron chi connectivity index (χ4n) is 2.29. The van der Waals surface area contributed by atoms with Gasteiger partial charge in [0, 0.05) is 11.4 Å². The molecule has 0 bridgehead atoms. The smallest absolute Gasteiger partial charge is 0.255 e. The molecule has 0 aromatic heterocycles. The van der Waals surface area contributed by atoms with Crippen LogP contribution < -0.4 is 5.32 Å². The summed E-state index contributed by atoms with van der Waals surface area (Å²) < 4.78 is 0. The Morgan fingerprint density at radius 3 is 2.67 bits per heavy atom. The van der Waals surface area contributed by atoms with Gasteiger partial charge < -0.3 is 10.4 Å². The van der Waals surface area contributed by atoms with E-state index in [-0.39, 0.29) is 23.1 Å². The van der Waals surface area contributed by atoms with Crippen LogP contribution >= 0.6 is 11.6 Å². The predicted molar refractivity (Wildman–Crippen MR) is 72.2 cm³/mol. The molecule has 18 heavy (non-hydrogen) atoms. The van der Waals surface area contributed by atoms with Crippen molar-refractivity contribution < 1.29 is 9.90 Å². The van der Waals surface area contributed by atoms with E-state index in [9.17, 15) is 9.90 Å². The normalized spacial score (nSPS) is 23.7.